The van der Waals surface area contributed by atoms with Gasteiger partial charge in [0.05, 0.1) is 6.04 Å². The van der Waals surface area contributed by atoms with Gasteiger partial charge in [-0.3, -0.25) is 9.69 Å². The third-order valence-electron chi connectivity index (χ3n) is 3.52. The van der Waals surface area contributed by atoms with E-state index in [0.717, 1.165) is 13.1 Å². The summed E-state index contributed by atoms with van der Waals surface area (Å²) in [6.07, 6.45) is 0.597. The van der Waals surface area contributed by atoms with Crippen molar-refractivity contribution in [2.24, 2.45) is 5.92 Å². The van der Waals surface area contributed by atoms with E-state index >= 15 is 0 Å². The van der Waals surface area contributed by atoms with Crippen LogP contribution in [0.15, 0.2) is 30.3 Å². The summed E-state index contributed by atoms with van der Waals surface area (Å²) in [5.41, 5.74) is 1.26. The number of hydrogen-bond acceptors (Lipinski definition) is 2. The highest BCUT2D eigenvalue weighted by Gasteiger charge is 2.18. The zero-order valence-electron chi connectivity index (χ0n) is 13.2. The van der Waals surface area contributed by atoms with E-state index in [4.69, 9.17) is 0 Å². The number of carbonyl (C=O) groups excluding carboxylic acids is 1. The van der Waals surface area contributed by atoms with Gasteiger partial charge in [-0.05, 0) is 24.6 Å². The van der Waals surface area contributed by atoms with E-state index in [1.807, 2.05) is 6.07 Å². The predicted molar refractivity (Wildman–Crippen MR) is 84.6 cm³/mol. The molecule has 1 amide bonds. The summed E-state index contributed by atoms with van der Waals surface area (Å²) in [5, 5.41) is 3.08. The summed E-state index contributed by atoms with van der Waals surface area (Å²) in [6, 6.07) is 10.7. The molecule has 1 aromatic rings. The van der Waals surface area contributed by atoms with E-state index in [1.165, 1.54) is 5.56 Å². The number of amides is 1. The van der Waals surface area contributed by atoms with Gasteiger partial charge in [-0.2, -0.15) is 0 Å². The molecule has 0 saturated heterocycles. The van der Waals surface area contributed by atoms with Crippen LogP contribution in [-0.4, -0.2) is 30.4 Å². The van der Waals surface area contributed by atoms with Gasteiger partial charge in [-0.1, -0.05) is 58.0 Å². The first kappa shape index (κ1) is 16.7. The molecule has 112 valence electrons. The van der Waals surface area contributed by atoms with Crippen LogP contribution in [0.2, 0.25) is 0 Å². The second-order valence-corrected chi connectivity index (χ2v) is 5.55. The molecule has 0 bridgehead atoms. The molecular weight excluding hydrogens is 248 g/mol. The Morgan fingerprint density at radius 2 is 1.75 bits per heavy atom. The van der Waals surface area contributed by atoms with Crippen molar-refractivity contribution in [2.75, 3.05) is 19.6 Å². The highest BCUT2D eigenvalue weighted by Crippen LogP contribution is 2.19. The zero-order valence-corrected chi connectivity index (χ0v) is 13.2. The number of carbonyl (C=O) groups is 1. The Hall–Kier alpha value is -1.35. The maximum atomic E-state index is 11.9. The fourth-order valence-electron chi connectivity index (χ4n) is 2.45. The minimum atomic E-state index is 0.146. The molecule has 3 heteroatoms. The first-order chi connectivity index (χ1) is 9.58. The van der Waals surface area contributed by atoms with Crippen molar-refractivity contribution in [3.8, 4) is 0 Å². The van der Waals surface area contributed by atoms with Crippen molar-refractivity contribution in [3.05, 3.63) is 35.9 Å². The predicted octanol–water partition coefficient (Wildman–Crippen LogP) is 3.23. The zero-order chi connectivity index (χ0) is 15.0. The van der Waals surface area contributed by atoms with E-state index in [1.54, 1.807) is 0 Å². The smallest absolute Gasteiger partial charge is 0.220 e. The summed E-state index contributed by atoms with van der Waals surface area (Å²) >= 11 is 0. The van der Waals surface area contributed by atoms with Crippen molar-refractivity contribution in [1.29, 1.82) is 0 Å². The quantitative estimate of drug-likeness (QED) is 0.790. The van der Waals surface area contributed by atoms with Crippen molar-refractivity contribution >= 4 is 5.91 Å². The topological polar surface area (TPSA) is 32.3 Å². The Labute approximate surface area is 123 Å². The van der Waals surface area contributed by atoms with Gasteiger partial charge in [-0.25, -0.2) is 0 Å². The first-order valence-corrected chi connectivity index (χ1v) is 7.64. The van der Waals surface area contributed by atoms with Crippen LogP contribution in [-0.2, 0) is 4.79 Å². The monoisotopic (exact) mass is 276 g/mol. The van der Waals surface area contributed by atoms with Crippen LogP contribution >= 0.6 is 0 Å². The van der Waals surface area contributed by atoms with Gasteiger partial charge in [0.1, 0.15) is 0 Å². The van der Waals surface area contributed by atoms with Crippen molar-refractivity contribution in [1.82, 2.24) is 10.2 Å². The van der Waals surface area contributed by atoms with Crippen LogP contribution in [0.1, 0.15) is 45.7 Å². The fourth-order valence-corrected chi connectivity index (χ4v) is 2.45. The summed E-state index contributed by atoms with van der Waals surface area (Å²) in [7, 11) is 0. The summed E-state index contributed by atoms with van der Waals surface area (Å²) < 4.78 is 0. The average molecular weight is 276 g/mol. The van der Waals surface area contributed by atoms with Crippen LogP contribution in [0.5, 0.6) is 0 Å². The minimum absolute atomic E-state index is 0.146. The molecular formula is C17H28N2O. The Morgan fingerprint density at radius 1 is 1.15 bits per heavy atom. The molecule has 3 nitrogen and oxygen atoms in total. The lowest BCUT2D eigenvalue weighted by Crippen LogP contribution is -2.38. The van der Waals surface area contributed by atoms with E-state index in [2.05, 4.69) is 62.2 Å². The van der Waals surface area contributed by atoms with E-state index in [9.17, 15) is 4.79 Å². The van der Waals surface area contributed by atoms with Crippen molar-refractivity contribution in [3.63, 3.8) is 0 Å². The van der Waals surface area contributed by atoms with Gasteiger partial charge in [-0.15, -0.1) is 0 Å². The van der Waals surface area contributed by atoms with Crippen molar-refractivity contribution in [2.45, 2.75) is 40.2 Å². The van der Waals surface area contributed by atoms with Crippen LogP contribution < -0.4 is 5.32 Å². The van der Waals surface area contributed by atoms with Crippen molar-refractivity contribution < 1.29 is 4.79 Å². The number of benzene rings is 1. The largest absolute Gasteiger partial charge is 0.354 e. The maximum absolute atomic E-state index is 11.9. The van der Waals surface area contributed by atoms with E-state index in [0.29, 0.717) is 18.9 Å². The highest BCUT2D eigenvalue weighted by molar-refractivity contribution is 5.76. The lowest BCUT2D eigenvalue weighted by atomic mass is 10.0. The first-order valence-electron chi connectivity index (χ1n) is 7.64. The molecule has 20 heavy (non-hydrogen) atoms. The van der Waals surface area contributed by atoms with Crippen LogP contribution in [0, 0.1) is 5.92 Å². The molecule has 0 aliphatic rings. The second kappa shape index (κ2) is 8.75. The molecule has 0 aromatic heterocycles. The Balaban J connectivity index is 2.71. The molecule has 0 aliphatic carbocycles. The SMILES string of the molecule is CCN(CC)C(CNC(=O)CC(C)C)c1ccccc1. The number of nitrogens with zero attached hydrogens (tertiary/aromatic N) is 1. The molecule has 0 spiro atoms. The van der Waals surface area contributed by atoms with Gasteiger partial charge in [0.15, 0.2) is 0 Å². The van der Waals surface area contributed by atoms with Gasteiger partial charge in [0.25, 0.3) is 0 Å². The lowest BCUT2D eigenvalue weighted by molar-refractivity contribution is -0.122. The van der Waals surface area contributed by atoms with Crippen LogP contribution in [0.3, 0.4) is 0 Å². The Morgan fingerprint density at radius 3 is 2.25 bits per heavy atom. The molecule has 0 saturated carbocycles. The molecule has 1 unspecified atom stereocenters. The minimum Gasteiger partial charge on any atom is -0.354 e. The number of likely N-dealkylation sites (N-methyl/N-ethyl adjacent to an activating group) is 1. The van der Waals surface area contributed by atoms with E-state index in [-0.39, 0.29) is 11.9 Å². The normalized spacial score (nSPS) is 12.7. The molecule has 0 heterocycles. The van der Waals surface area contributed by atoms with Crippen LogP contribution in [0.4, 0.5) is 0 Å². The third-order valence-corrected chi connectivity index (χ3v) is 3.52. The summed E-state index contributed by atoms with van der Waals surface area (Å²) in [5.74, 6) is 0.548. The Kier molecular flexibility index (Phi) is 7.31. The average Bonchev–Trinajstić information content (AvgIpc) is 2.43. The van der Waals surface area contributed by atoms with Gasteiger partial charge < -0.3 is 5.32 Å². The number of rotatable bonds is 8. The van der Waals surface area contributed by atoms with Gasteiger partial charge >= 0.3 is 0 Å². The second-order valence-electron chi connectivity index (χ2n) is 5.55. The molecule has 0 radical (unpaired) electrons. The third kappa shape index (κ3) is 5.33. The lowest BCUT2D eigenvalue weighted by Gasteiger charge is -2.30. The summed E-state index contributed by atoms with van der Waals surface area (Å²) in [6.45, 7) is 11.1. The van der Waals surface area contributed by atoms with Gasteiger partial charge in [0.2, 0.25) is 5.91 Å². The molecule has 0 fully saturated rings. The maximum Gasteiger partial charge on any atom is 0.220 e. The van der Waals surface area contributed by atoms with Crippen LogP contribution in [0.25, 0.3) is 0 Å². The standard InChI is InChI=1S/C17H28N2O/c1-5-19(6-2)16(15-10-8-7-9-11-15)13-18-17(20)12-14(3)4/h7-11,14,16H,5-6,12-13H2,1-4H3,(H,18,20). The highest BCUT2D eigenvalue weighted by atomic mass is 16.1. The van der Waals surface area contributed by atoms with Gasteiger partial charge in [0, 0.05) is 13.0 Å². The fraction of sp³-hybridized carbons (Fsp3) is 0.588. The molecule has 1 atom stereocenters. The summed E-state index contributed by atoms with van der Waals surface area (Å²) in [4.78, 5) is 14.2. The molecule has 1 aromatic carbocycles. The molecule has 1 rings (SSSR count). The molecule has 0 aliphatic heterocycles. The Bertz CT molecular complexity index is 385. The number of hydrogen-bond donors (Lipinski definition) is 1. The molecule has 1 N–H and O–H groups in total. The number of nitrogens with one attached hydrogen (secondary N) is 1. The van der Waals surface area contributed by atoms with E-state index < -0.39 is 0 Å².